The summed E-state index contributed by atoms with van der Waals surface area (Å²) in [5, 5.41) is 3.34. The van der Waals surface area contributed by atoms with E-state index in [1.807, 2.05) is 30.3 Å². The number of hydrazine groups is 1. The molecule has 0 radical (unpaired) electrons. The first kappa shape index (κ1) is 20.0. The lowest BCUT2D eigenvalue weighted by molar-refractivity contribution is -0.109. The highest BCUT2D eigenvalue weighted by Crippen LogP contribution is 2.32. The first-order valence-electron chi connectivity index (χ1n) is 10.4. The van der Waals surface area contributed by atoms with E-state index in [2.05, 4.69) is 68.6 Å². The summed E-state index contributed by atoms with van der Waals surface area (Å²) in [5.74, 6) is 0.722. The molecule has 0 saturated heterocycles. The lowest BCUT2D eigenvalue weighted by Gasteiger charge is -2.12. The van der Waals surface area contributed by atoms with Crippen LogP contribution in [0.3, 0.4) is 0 Å². The number of nitrogens with zero attached hydrogens (tertiary/aromatic N) is 3. The van der Waals surface area contributed by atoms with Gasteiger partial charge in [0.15, 0.2) is 12.5 Å². The Bertz CT molecular complexity index is 1270. The van der Waals surface area contributed by atoms with Gasteiger partial charge in [-0.15, -0.1) is 0 Å². The predicted octanol–water partition coefficient (Wildman–Crippen LogP) is 3.08. The Balaban J connectivity index is 1.38. The zero-order chi connectivity index (χ0) is 21.8. The molecule has 0 bridgehead atoms. The van der Waals surface area contributed by atoms with Crippen molar-refractivity contribution in [3.8, 4) is 22.4 Å². The van der Waals surface area contributed by atoms with Crippen molar-refractivity contribution in [2.24, 2.45) is 4.99 Å². The molecule has 1 aliphatic rings. The van der Waals surface area contributed by atoms with Crippen LogP contribution < -0.4 is 16.2 Å². The third-order valence-corrected chi connectivity index (χ3v) is 5.31. The van der Waals surface area contributed by atoms with Crippen LogP contribution in [-0.2, 0) is 11.3 Å². The number of fused-ring (bicyclic) bond motifs is 1. The van der Waals surface area contributed by atoms with Gasteiger partial charge in [-0.3, -0.25) is 9.78 Å². The van der Waals surface area contributed by atoms with E-state index >= 15 is 0 Å². The summed E-state index contributed by atoms with van der Waals surface area (Å²) < 4.78 is 0. The second-order valence-electron chi connectivity index (χ2n) is 7.52. The van der Waals surface area contributed by atoms with Crippen molar-refractivity contribution >= 4 is 23.2 Å². The van der Waals surface area contributed by atoms with Gasteiger partial charge in [0.1, 0.15) is 5.84 Å². The highest BCUT2D eigenvalue weighted by atomic mass is 16.1. The van der Waals surface area contributed by atoms with Crippen LogP contribution in [0.2, 0.25) is 0 Å². The van der Waals surface area contributed by atoms with Gasteiger partial charge < -0.3 is 10.7 Å². The van der Waals surface area contributed by atoms with Gasteiger partial charge in [-0.1, -0.05) is 54.6 Å². The number of nitrogens with one attached hydrogen (secondary N) is 3. The maximum atomic E-state index is 10.7. The average Bonchev–Trinajstić information content (AvgIpc) is 3.32. The molecule has 7 nitrogen and oxygen atoms in total. The van der Waals surface area contributed by atoms with E-state index in [-0.39, 0.29) is 0 Å². The normalized spacial score (nSPS) is 15.4. The zero-order valence-corrected chi connectivity index (χ0v) is 17.3. The zero-order valence-electron chi connectivity index (χ0n) is 17.3. The number of carbonyl (C=O) groups is 1. The fraction of sp³-hybridized carbons (Fsp3) is 0.120. The van der Waals surface area contributed by atoms with Crippen LogP contribution in [0.25, 0.3) is 33.4 Å². The number of rotatable bonds is 7. The van der Waals surface area contributed by atoms with Gasteiger partial charge in [-0.05, 0) is 29.3 Å². The second-order valence-corrected chi connectivity index (χ2v) is 7.52. The average molecular weight is 422 g/mol. The SMILES string of the molecule is O=CC1N=C(CNCc2ccc(-c3nc4cccnc4cc3-c3ccccc3)cc2)NN1. The van der Waals surface area contributed by atoms with Gasteiger partial charge in [0.2, 0.25) is 0 Å². The van der Waals surface area contributed by atoms with E-state index in [0.29, 0.717) is 13.1 Å². The Hall–Kier alpha value is -3.94. The Morgan fingerprint density at radius 1 is 0.906 bits per heavy atom. The molecule has 7 heteroatoms. The molecule has 0 saturated carbocycles. The van der Waals surface area contributed by atoms with Crippen LogP contribution in [-0.4, -0.2) is 34.8 Å². The van der Waals surface area contributed by atoms with E-state index in [1.165, 1.54) is 0 Å². The molecule has 4 aromatic rings. The van der Waals surface area contributed by atoms with Crippen LogP contribution in [0.1, 0.15) is 5.56 Å². The molecule has 0 amide bonds. The molecule has 1 unspecified atom stereocenters. The fourth-order valence-corrected chi connectivity index (χ4v) is 3.71. The van der Waals surface area contributed by atoms with Gasteiger partial charge >= 0.3 is 0 Å². The lowest BCUT2D eigenvalue weighted by atomic mass is 9.98. The summed E-state index contributed by atoms with van der Waals surface area (Å²) in [4.78, 5) is 24.4. The Kier molecular flexibility index (Phi) is 5.65. The number of aromatic nitrogens is 2. The number of hydrogen-bond acceptors (Lipinski definition) is 7. The molecule has 32 heavy (non-hydrogen) atoms. The topological polar surface area (TPSA) is 91.3 Å². The van der Waals surface area contributed by atoms with E-state index < -0.39 is 6.17 Å². The van der Waals surface area contributed by atoms with Crippen molar-refractivity contribution in [2.45, 2.75) is 12.7 Å². The van der Waals surface area contributed by atoms with E-state index in [1.54, 1.807) is 6.20 Å². The Labute approximate surface area is 185 Å². The third-order valence-electron chi connectivity index (χ3n) is 5.31. The van der Waals surface area contributed by atoms with Gasteiger partial charge in [-0.2, -0.15) is 0 Å². The minimum absolute atomic E-state index is 0.505. The van der Waals surface area contributed by atoms with Crippen LogP contribution in [0.15, 0.2) is 84.0 Å². The molecular formula is C25H22N6O. The molecule has 0 spiro atoms. The number of pyridine rings is 2. The molecule has 3 N–H and O–H groups in total. The molecule has 2 aromatic carbocycles. The summed E-state index contributed by atoms with van der Waals surface area (Å²) in [7, 11) is 0. The van der Waals surface area contributed by atoms with Gasteiger partial charge in [0.05, 0.1) is 23.3 Å². The standard InChI is InChI=1S/C25H22N6O/c32-16-24-29-23(30-31-24)15-26-14-17-8-10-19(11-9-17)25-20(18-5-2-1-3-6-18)13-22-21(28-25)7-4-12-27-22/h1-13,16,24,26,31H,14-15H2,(H,29,30). The minimum atomic E-state index is -0.505. The number of aliphatic imine (C=N–C) groups is 1. The quantitative estimate of drug-likeness (QED) is 0.397. The van der Waals surface area contributed by atoms with Crippen molar-refractivity contribution < 1.29 is 4.79 Å². The first-order chi connectivity index (χ1) is 15.8. The highest BCUT2D eigenvalue weighted by Gasteiger charge is 2.14. The van der Waals surface area contributed by atoms with Crippen molar-refractivity contribution in [1.82, 2.24) is 26.1 Å². The Morgan fingerprint density at radius 2 is 1.75 bits per heavy atom. The fourth-order valence-electron chi connectivity index (χ4n) is 3.71. The van der Waals surface area contributed by atoms with Gasteiger partial charge in [-0.25, -0.2) is 15.4 Å². The maximum Gasteiger partial charge on any atom is 0.174 e. The number of benzene rings is 2. The summed E-state index contributed by atoms with van der Waals surface area (Å²) in [6, 6.07) is 24.7. The lowest BCUT2D eigenvalue weighted by Crippen LogP contribution is -2.39. The van der Waals surface area contributed by atoms with E-state index in [0.717, 1.165) is 51.1 Å². The van der Waals surface area contributed by atoms with Gasteiger partial charge in [0, 0.05) is 23.9 Å². The Morgan fingerprint density at radius 3 is 2.53 bits per heavy atom. The molecule has 0 aliphatic carbocycles. The summed E-state index contributed by atoms with van der Waals surface area (Å²) >= 11 is 0. The number of amidine groups is 1. The van der Waals surface area contributed by atoms with Crippen molar-refractivity contribution in [1.29, 1.82) is 0 Å². The first-order valence-corrected chi connectivity index (χ1v) is 10.4. The molecule has 158 valence electrons. The molecule has 1 aliphatic heterocycles. The second kappa shape index (κ2) is 9.05. The summed E-state index contributed by atoms with van der Waals surface area (Å²) in [5.41, 5.74) is 12.8. The van der Waals surface area contributed by atoms with Crippen molar-refractivity contribution in [3.63, 3.8) is 0 Å². The third kappa shape index (κ3) is 4.25. The van der Waals surface area contributed by atoms with E-state index in [4.69, 9.17) is 4.98 Å². The van der Waals surface area contributed by atoms with Crippen LogP contribution in [0.4, 0.5) is 0 Å². The summed E-state index contributed by atoms with van der Waals surface area (Å²) in [6.45, 7) is 1.24. The van der Waals surface area contributed by atoms with Crippen molar-refractivity contribution in [2.75, 3.05) is 6.54 Å². The smallest absolute Gasteiger partial charge is 0.174 e. The van der Waals surface area contributed by atoms with Crippen molar-refractivity contribution in [3.05, 3.63) is 84.6 Å². The minimum Gasteiger partial charge on any atom is -0.306 e. The van der Waals surface area contributed by atoms with E-state index in [9.17, 15) is 4.79 Å². The highest BCUT2D eigenvalue weighted by molar-refractivity contribution is 5.90. The summed E-state index contributed by atoms with van der Waals surface area (Å²) in [6.07, 6.45) is 2.05. The van der Waals surface area contributed by atoms with Crippen LogP contribution >= 0.6 is 0 Å². The number of carbonyl (C=O) groups excluding carboxylic acids is 1. The molecule has 0 fully saturated rings. The predicted molar refractivity (Wildman–Crippen MR) is 126 cm³/mol. The number of hydrogen-bond donors (Lipinski definition) is 3. The monoisotopic (exact) mass is 422 g/mol. The number of aldehydes is 1. The van der Waals surface area contributed by atoms with Crippen LogP contribution in [0.5, 0.6) is 0 Å². The molecule has 2 aromatic heterocycles. The largest absolute Gasteiger partial charge is 0.306 e. The maximum absolute atomic E-state index is 10.7. The van der Waals surface area contributed by atoms with Gasteiger partial charge in [0.25, 0.3) is 0 Å². The van der Waals surface area contributed by atoms with Crippen LogP contribution in [0, 0.1) is 0 Å². The molecule has 3 heterocycles. The molecular weight excluding hydrogens is 400 g/mol. The molecule has 5 rings (SSSR count). The molecule has 1 atom stereocenters.